The monoisotopic (exact) mass is 445 g/mol. The van der Waals surface area contributed by atoms with Gasteiger partial charge < -0.3 is 9.64 Å². The zero-order valence-corrected chi connectivity index (χ0v) is 17.7. The lowest BCUT2D eigenvalue weighted by atomic mass is 10.1. The number of benzene rings is 2. The number of hydrogen-bond acceptors (Lipinski definition) is 6. The fourth-order valence-corrected chi connectivity index (χ4v) is 5.30. The van der Waals surface area contributed by atoms with Gasteiger partial charge in [0.2, 0.25) is 15.9 Å². The fourth-order valence-electron chi connectivity index (χ4n) is 3.89. The highest BCUT2D eigenvalue weighted by molar-refractivity contribution is 7.89. The first kappa shape index (κ1) is 21.4. The van der Waals surface area contributed by atoms with Crippen LogP contribution in [-0.2, 0) is 32.4 Å². The molecular formula is C21H23N3O6S. The molecule has 0 bridgehead atoms. The summed E-state index contributed by atoms with van der Waals surface area (Å²) < 4.78 is 32.0. The number of carbonyl (C=O) groups excluding carboxylic acids is 1. The lowest BCUT2D eigenvalue weighted by Gasteiger charge is -2.26. The van der Waals surface area contributed by atoms with Gasteiger partial charge in [-0.05, 0) is 36.1 Å². The van der Waals surface area contributed by atoms with E-state index in [0.29, 0.717) is 51.4 Å². The van der Waals surface area contributed by atoms with E-state index in [4.69, 9.17) is 4.74 Å². The highest BCUT2D eigenvalue weighted by Crippen LogP contribution is 2.32. The smallest absolute Gasteiger partial charge is 0.271 e. The summed E-state index contributed by atoms with van der Waals surface area (Å²) in [5.74, 6) is -0.107. The molecule has 0 aliphatic carbocycles. The predicted molar refractivity (Wildman–Crippen MR) is 113 cm³/mol. The van der Waals surface area contributed by atoms with Crippen molar-refractivity contribution in [1.82, 2.24) is 4.31 Å². The molecule has 2 aliphatic rings. The van der Waals surface area contributed by atoms with Crippen LogP contribution in [0.1, 0.15) is 17.5 Å². The number of rotatable bonds is 6. The number of ether oxygens (including phenoxy) is 1. The lowest BCUT2D eigenvalue weighted by molar-refractivity contribution is -0.384. The number of anilines is 1. The number of sulfonamides is 1. The van der Waals surface area contributed by atoms with Crippen LogP contribution in [0.5, 0.6) is 0 Å². The van der Waals surface area contributed by atoms with Crippen molar-refractivity contribution in [1.29, 1.82) is 0 Å². The van der Waals surface area contributed by atoms with E-state index in [-0.39, 0.29) is 22.9 Å². The first-order chi connectivity index (χ1) is 14.9. The third-order valence-corrected chi connectivity index (χ3v) is 7.55. The molecule has 2 aromatic carbocycles. The molecule has 0 unspecified atom stereocenters. The molecule has 1 saturated heterocycles. The number of nitro groups is 1. The maximum atomic E-state index is 12.7. The van der Waals surface area contributed by atoms with Crippen molar-refractivity contribution in [2.24, 2.45) is 0 Å². The number of aryl methyl sites for hydroxylation is 1. The Hall–Kier alpha value is -2.82. The summed E-state index contributed by atoms with van der Waals surface area (Å²) in [7, 11) is -3.54. The summed E-state index contributed by atoms with van der Waals surface area (Å²) in [6.07, 6.45) is 1.36. The van der Waals surface area contributed by atoms with Crippen molar-refractivity contribution in [3.63, 3.8) is 0 Å². The largest absolute Gasteiger partial charge is 0.379 e. The van der Waals surface area contributed by atoms with Gasteiger partial charge in [-0.2, -0.15) is 4.31 Å². The molecule has 9 nitrogen and oxygen atoms in total. The quantitative estimate of drug-likeness (QED) is 0.498. The molecule has 2 aromatic rings. The summed E-state index contributed by atoms with van der Waals surface area (Å²) >= 11 is 0. The Morgan fingerprint density at radius 3 is 2.45 bits per heavy atom. The molecule has 164 valence electrons. The molecule has 10 heteroatoms. The van der Waals surface area contributed by atoms with Crippen LogP contribution in [0.15, 0.2) is 47.4 Å². The Kier molecular flexibility index (Phi) is 6.03. The van der Waals surface area contributed by atoms with E-state index in [9.17, 15) is 23.3 Å². The number of non-ortho nitro benzene ring substituents is 1. The molecule has 0 spiro atoms. The second-order valence-corrected chi connectivity index (χ2v) is 9.46. The molecule has 2 heterocycles. The first-order valence-electron chi connectivity index (χ1n) is 10.1. The Morgan fingerprint density at radius 1 is 1.06 bits per heavy atom. The van der Waals surface area contributed by atoms with Gasteiger partial charge in [-0.15, -0.1) is 0 Å². The number of amides is 1. The van der Waals surface area contributed by atoms with Gasteiger partial charge in [0.15, 0.2) is 0 Å². The molecule has 1 fully saturated rings. The van der Waals surface area contributed by atoms with Crippen LogP contribution in [-0.4, -0.2) is 56.4 Å². The van der Waals surface area contributed by atoms with Gasteiger partial charge in [-0.25, -0.2) is 8.42 Å². The van der Waals surface area contributed by atoms with Gasteiger partial charge in [0.25, 0.3) is 5.69 Å². The van der Waals surface area contributed by atoms with Crippen LogP contribution < -0.4 is 4.90 Å². The van der Waals surface area contributed by atoms with E-state index < -0.39 is 14.9 Å². The van der Waals surface area contributed by atoms with Gasteiger partial charge in [0, 0.05) is 38.2 Å². The third kappa shape index (κ3) is 4.46. The maximum Gasteiger partial charge on any atom is 0.271 e. The van der Waals surface area contributed by atoms with Crippen LogP contribution in [0.4, 0.5) is 11.4 Å². The first-order valence-corrected chi connectivity index (χ1v) is 11.5. The second kappa shape index (κ2) is 8.74. The molecule has 0 atom stereocenters. The second-order valence-electron chi connectivity index (χ2n) is 7.53. The molecule has 0 aromatic heterocycles. The van der Waals surface area contributed by atoms with Crippen molar-refractivity contribution < 1.29 is 22.9 Å². The van der Waals surface area contributed by atoms with E-state index in [2.05, 4.69) is 0 Å². The van der Waals surface area contributed by atoms with Crippen LogP contribution in [0, 0.1) is 10.1 Å². The SMILES string of the molecule is O=C(CCc1ccc(S(=O)(=O)N2CCOCC2)cc1)N1CCc2ccc([N+](=O)[O-])cc21. The maximum absolute atomic E-state index is 12.7. The predicted octanol–water partition coefficient (Wildman–Crippen LogP) is 2.14. The number of hydrogen-bond donors (Lipinski definition) is 0. The van der Waals surface area contributed by atoms with Gasteiger partial charge in [-0.3, -0.25) is 14.9 Å². The van der Waals surface area contributed by atoms with Crippen molar-refractivity contribution in [3.8, 4) is 0 Å². The van der Waals surface area contributed by atoms with Crippen molar-refractivity contribution in [2.75, 3.05) is 37.7 Å². The Morgan fingerprint density at radius 2 is 1.77 bits per heavy atom. The van der Waals surface area contributed by atoms with Crippen LogP contribution in [0.2, 0.25) is 0 Å². The van der Waals surface area contributed by atoms with Gasteiger partial charge in [0.05, 0.1) is 28.7 Å². The molecular weight excluding hydrogens is 422 g/mol. The van der Waals surface area contributed by atoms with Gasteiger partial charge >= 0.3 is 0 Å². The molecule has 2 aliphatic heterocycles. The number of fused-ring (bicyclic) bond motifs is 1. The lowest BCUT2D eigenvalue weighted by Crippen LogP contribution is -2.40. The molecule has 31 heavy (non-hydrogen) atoms. The van der Waals surface area contributed by atoms with Crippen molar-refractivity contribution in [3.05, 3.63) is 63.7 Å². The van der Waals surface area contributed by atoms with E-state index in [0.717, 1.165) is 11.1 Å². The fraction of sp³-hybridized carbons (Fsp3) is 0.381. The van der Waals surface area contributed by atoms with E-state index in [1.54, 1.807) is 35.2 Å². The van der Waals surface area contributed by atoms with E-state index in [1.807, 2.05) is 0 Å². The number of carbonyl (C=O) groups is 1. The van der Waals surface area contributed by atoms with Gasteiger partial charge in [0.1, 0.15) is 0 Å². The molecule has 4 rings (SSSR count). The normalized spacial score (nSPS) is 16.8. The average molecular weight is 445 g/mol. The average Bonchev–Trinajstić information content (AvgIpc) is 3.21. The summed E-state index contributed by atoms with van der Waals surface area (Å²) in [6, 6.07) is 11.2. The zero-order valence-electron chi connectivity index (χ0n) is 16.9. The number of nitrogens with zero attached hydrogens (tertiary/aromatic N) is 3. The molecule has 0 N–H and O–H groups in total. The van der Waals surface area contributed by atoms with Crippen molar-refractivity contribution in [2.45, 2.75) is 24.2 Å². The van der Waals surface area contributed by atoms with Crippen LogP contribution in [0.25, 0.3) is 0 Å². The standard InChI is InChI=1S/C21H23N3O6S/c25-21(23-10-9-17-4-5-18(24(26)27)15-20(17)23)8-3-16-1-6-19(7-2-16)31(28,29)22-11-13-30-14-12-22/h1-2,4-7,15H,3,8-14H2. The van der Waals surface area contributed by atoms with Crippen molar-refractivity contribution >= 4 is 27.3 Å². The summed E-state index contributed by atoms with van der Waals surface area (Å²) in [4.78, 5) is 25.1. The number of morpholine rings is 1. The third-order valence-electron chi connectivity index (χ3n) is 5.64. The minimum Gasteiger partial charge on any atom is -0.379 e. The Labute approximate surface area is 180 Å². The minimum absolute atomic E-state index is 0.0319. The van der Waals surface area contributed by atoms with E-state index >= 15 is 0 Å². The Bertz CT molecular complexity index is 1090. The summed E-state index contributed by atoms with van der Waals surface area (Å²) in [5, 5.41) is 11.0. The molecule has 0 radical (unpaired) electrons. The summed E-state index contributed by atoms with van der Waals surface area (Å²) in [6.45, 7) is 1.97. The highest BCUT2D eigenvalue weighted by atomic mass is 32.2. The number of nitro benzene ring substituents is 1. The highest BCUT2D eigenvalue weighted by Gasteiger charge is 2.27. The minimum atomic E-state index is -3.54. The van der Waals surface area contributed by atoms with Gasteiger partial charge in [-0.1, -0.05) is 18.2 Å². The molecule has 0 saturated carbocycles. The zero-order chi connectivity index (χ0) is 22.0. The van der Waals surface area contributed by atoms with Crippen LogP contribution in [0.3, 0.4) is 0 Å². The summed E-state index contributed by atoms with van der Waals surface area (Å²) in [5.41, 5.74) is 2.35. The van der Waals surface area contributed by atoms with E-state index in [1.165, 1.54) is 16.4 Å². The Balaban J connectivity index is 1.40. The molecule has 1 amide bonds. The van der Waals surface area contributed by atoms with Crippen LogP contribution >= 0.6 is 0 Å². The topological polar surface area (TPSA) is 110 Å².